The molecule has 0 saturated heterocycles. The van der Waals surface area contributed by atoms with Gasteiger partial charge in [0.25, 0.3) is 0 Å². The smallest absolute Gasteiger partial charge is 0.192 e. The molecule has 28 heavy (non-hydrogen) atoms. The monoisotopic (exact) mass is 430 g/mol. The van der Waals surface area contributed by atoms with Crippen molar-refractivity contribution in [1.29, 1.82) is 0 Å². The highest BCUT2D eigenvalue weighted by atomic mass is 28.4. The highest BCUT2D eigenvalue weighted by molar-refractivity contribution is 6.74. The summed E-state index contributed by atoms with van der Waals surface area (Å²) in [4.78, 5) is 11.1. The van der Waals surface area contributed by atoms with Gasteiger partial charge in [0, 0.05) is 13.0 Å². The highest BCUT2D eigenvalue weighted by Crippen LogP contribution is 2.38. The standard InChI is InChI=1S/C22H46O4Si2/c1-18(16-25-27(8,9)21(2,3)4)14-20(24)15-19(12-13-23)17-26-28(10,11)22(5,6)7/h13,19-20,24H,1,12,14-17H2,2-11H3/t19-,20-/m1/s1. The first kappa shape index (κ1) is 27.7. The fourth-order valence-corrected chi connectivity index (χ4v) is 4.35. The zero-order valence-electron chi connectivity index (χ0n) is 20.1. The summed E-state index contributed by atoms with van der Waals surface area (Å²) in [6.07, 6.45) is 1.88. The van der Waals surface area contributed by atoms with Crippen molar-refractivity contribution in [2.24, 2.45) is 5.92 Å². The number of carbonyl (C=O) groups is 1. The largest absolute Gasteiger partial charge is 0.417 e. The van der Waals surface area contributed by atoms with Crippen LogP contribution in [-0.2, 0) is 13.6 Å². The fraction of sp³-hybridized carbons (Fsp3) is 0.864. The van der Waals surface area contributed by atoms with E-state index in [2.05, 4.69) is 74.3 Å². The van der Waals surface area contributed by atoms with E-state index in [1.54, 1.807) is 0 Å². The van der Waals surface area contributed by atoms with Crippen molar-refractivity contribution in [1.82, 2.24) is 0 Å². The second-order valence-electron chi connectivity index (χ2n) is 11.2. The third-order valence-corrected chi connectivity index (χ3v) is 15.5. The first-order valence-electron chi connectivity index (χ1n) is 10.5. The van der Waals surface area contributed by atoms with Gasteiger partial charge in [-0.3, -0.25) is 0 Å². The third-order valence-electron chi connectivity index (χ3n) is 6.49. The minimum atomic E-state index is -1.86. The molecule has 0 bridgehead atoms. The predicted molar refractivity (Wildman–Crippen MR) is 125 cm³/mol. The van der Waals surface area contributed by atoms with E-state index in [4.69, 9.17) is 8.85 Å². The maximum atomic E-state index is 11.1. The predicted octanol–water partition coefficient (Wildman–Crippen LogP) is 5.93. The number of carbonyl (C=O) groups excluding carboxylic acids is 1. The van der Waals surface area contributed by atoms with Crippen LogP contribution in [0, 0.1) is 5.92 Å². The number of hydrogen-bond acceptors (Lipinski definition) is 4. The Bertz CT molecular complexity index is 502. The second-order valence-corrected chi connectivity index (χ2v) is 20.9. The maximum absolute atomic E-state index is 11.1. The Hall–Kier alpha value is -0.276. The van der Waals surface area contributed by atoms with Crippen LogP contribution in [0.3, 0.4) is 0 Å². The molecule has 0 aromatic rings. The molecule has 0 fully saturated rings. The van der Waals surface area contributed by atoms with Gasteiger partial charge in [-0.2, -0.15) is 0 Å². The molecule has 0 aliphatic rings. The SMILES string of the molecule is C=C(CO[Si](C)(C)C(C)(C)C)C[C@@H](O)C[C@@H](CC=O)CO[Si](C)(C)C(C)(C)C. The van der Waals surface area contributed by atoms with Gasteiger partial charge in [-0.15, -0.1) is 0 Å². The molecule has 6 heteroatoms. The Labute approximate surface area is 176 Å². The summed E-state index contributed by atoms with van der Waals surface area (Å²) in [6.45, 7) is 27.2. The molecule has 0 spiro atoms. The number of hydrogen-bond donors (Lipinski definition) is 1. The van der Waals surface area contributed by atoms with Gasteiger partial charge in [-0.05, 0) is 55.0 Å². The summed E-state index contributed by atoms with van der Waals surface area (Å²) in [5.41, 5.74) is 0.910. The van der Waals surface area contributed by atoms with E-state index in [1.165, 1.54) is 0 Å². The van der Waals surface area contributed by atoms with Gasteiger partial charge in [0.05, 0.1) is 12.7 Å². The lowest BCUT2D eigenvalue weighted by molar-refractivity contribution is -0.109. The normalized spacial score (nSPS) is 16.0. The summed E-state index contributed by atoms with van der Waals surface area (Å²) in [5.74, 6) is 0.0377. The third kappa shape index (κ3) is 9.48. The van der Waals surface area contributed by atoms with E-state index in [-0.39, 0.29) is 16.0 Å². The number of rotatable bonds is 12. The molecule has 0 aliphatic heterocycles. The Balaban J connectivity index is 4.63. The summed E-state index contributed by atoms with van der Waals surface area (Å²) < 4.78 is 12.5. The van der Waals surface area contributed by atoms with Crippen LogP contribution >= 0.6 is 0 Å². The van der Waals surface area contributed by atoms with Gasteiger partial charge in [-0.1, -0.05) is 53.7 Å². The van der Waals surface area contributed by atoms with Crippen LogP contribution in [0.15, 0.2) is 12.2 Å². The zero-order valence-corrected chi connectivity index (χ0v) is 22.1. The van der Waals surface area contributed by atoms with Gasteiger partial charge in [0.1, 0.15) is 6.29 Å². The Kier molecular flexibility index (Phi) is 10.6. The minimum Gasteiger partial charge on any atom is -0.417 e. The van der Waals surface area contributed by atoms with Gasteiger partial charge in [0.2, 0.25) is 0 Å². The Morgan fingerprint density at radius 3 is 1.89 bits per heavy atom. The van der Waals surface area contributed by atoms with Gasteiger partial charge in [0.15, 0.2) is 16.6 Å². The van der Waals surface area contributed by atoms with Crippen molar-refractivity contribution in [2.45, 2.75) is 103 Å². The molecule has 0 rings (SSSR count). The number of aliphatic hydroxyl groups excluding tert-OH is 1. The highest BCUT2D eigenvalue weighted by Gasteiger charge is 2.38. The molecule has 0 unspecified atom stereocenters. The average molecular weight is 431 g/mol. The van der Waals surface area contributed by atoms with Crippen LogP contribution in [0.4, 0.5) is 0 Å². The van der Waals surface area contributed by atoms with Crippen LogP contribution < -0.4 is 0 Å². The quantitative estimate of drug-likeness (QED) is 0.237. The van der Waals surface area contributed by atoms with E-state index in [0.29, 0.717) is 32.5 Å². The zero-order chi connectivity index (χ0) is 22.4. The molecule has 0 heterocycles. The fourth-order valence-electron chi connectivity index (χ4n) is 2.27. The van der Waals surface area contributed by atoms with Gasteiger partial charge >= 0.3 is 0 Å². The van der Waals surface area contributed by atoms with Crippen LogP contribution in [0.2, 0.25) is 36.3 Å². The summed E-state index contributed by atoms with van der Waals surface area (Å²) in [5, 5.41) is 10.8. The van der Waals surface area contributed by atoms with E-state index >= 15 is 0 Å². The number of aliphatic hydroxyl groups is 1. The molecular formula is C22H46O4Si2. The minimum absolute atomic E-state index is 0.0377. The van der Waals surface area contributed by atoms with Crippen molar-refractivity contribution in [3.63, 3.8) is 0 Å². The molecular weight excluding hydrogens is 384 g/mol. The summed E-state index contributed by atoms with van der Waals surface area (Å²) in [7, 11) is -3.68. The van der Waals surface area contributed by atoms with Crippen LogP contribution in [0.1, 0.15) is 60.8 Å². The van der Waals surface area contributed by atoms with Crippen LogP contribution in [0.25, 0.3) is 0 Å². The van der Waals surface area contributed by atoms with Gasteiger partial charge in [-0.25, -0.2) is 0 Å². The first-order valence-corrected chi connectivity index (χ1v) is 16.3. The molecule has 0 radical (unpaired) electrons. The van der Waals surface area contributed by atoms with Crippen LogP contribution in [-0.4, -0.2) is 47.3 Å². The number of aldehydes is 1. The van der Waals surface area contributed by atoms with E-state index in [9.17, 15) is 9.90 Å². The molecule has 166 valence electrons. The van der Waals surface area contributed by atoms with E-state index in [0.717, 1.165) is 11.9 Å². The van der Waals surface area contributed by atoms with Crippen molar-refractivity contribution in [2.75, 3.05) is 13.2 Å². The topological polar surface area (TPSA) is 55.8 Å². The van der Waals surface area contributed by atoms with Crippen molar-refractivity contribution in [3.05, 3.63) is 12.2 Å². The Morgan fingerprint density at radius 1 is 1.00 bits per heavy atom. The average Bonchev–Trinajstić information content (AvgIpc) is 2.48. The lowest BCUT2D eigenvalue weighted by Gasteiger charge is -2.37. The van der Waals surface area contributed by atoms with Crippen molar-refractivity contribution in [3.8, 4) is 0 Å². The summed E-state index contributed by atoms with van der Waals surface area (Å²) >= 11 is 0. The Morgan fingerprint density at radius 2 is 1.46 bits per heavy atom. The molecule has 0 aromatic carbocycles. The lowest BCUT2D eigenvalue weighted by atomic mass is 9.96. The lowest BCUT2D eigenvalue weighted by Crippen LogP contribution is -2.42. The molecule has 0 amide bonds. The first-order chi connectivity index (χ1) is 12.4. The molecule has 0 saturated carbocycles. The van der Waals surface area contributed by atoms with Gasteiger partial charge < -0.3 is 18.8 Å². The molecule has 4 nitrogen and oxygen atoms in total. The second kappa shape index (κ2) is 10.7. The molecule has 0 aromatic heterocycles. The summed E-state index contributed by atoms with van der Waals surface area (Å²) in [6, 6.07) is 0. The maximum Gasteiger partial charge on any atom is 0.192 e. The van der Waals surface area contributed by atoms with Crippen molar-refractivity contribution < 1.29 is 18.8 Å². The van der Waals surface area contributed by atoms with E-state index < -0.39 is 22.7 Å². The van der Waals surface area contributed by atoms with Crippen molar-refractivity contribution >= 4 is 22.9 Å². The molecule has 1 N–H and O–H groups in total. The van der Waals surface area contributed by atoms with Crippen LogP contribution in [0.5, 0.6) is 0 Å². The van der Waals surface area contributed by atoms with E-state index in [1.807, 2.05) is 0 Å². The molecule has 0 aliphatic carbocycles. The molecule has 2 atom stereocenters.